The van der Waals surface area contributed by atoms with Gasteiger partial charge in [0, 0.05) is 6.42 Å². The summed E-state index contributed by atoms with van der Waals surface area (Å²) in [6, 6.07) is 9.95. The topological polar surface area (TPSA) is 68.0 Å². The summed E-state index contributed by atoms with van der Waals surface area (Å²) in [6.45, 7) is 3.64. The Balaban J connectivity index is 2.09. The lowest BCUT2D eigenvalue weighted by atomic mass is 10.1. The number of nitrogens with zero attached hydrogens (tertiary/aromatic N) is 3. The van der Waals surface area contributed by atoms with E-state index in [9.17, 15) is 9.90 Å². The van der Waals surface area contributed by atoms with Crippen molar-refractivity contribution in [2.24, 2.45) is 0 Å². The first-order valence-corrected chi connectivity index (χ1v) is 7.72. The second kappa shape index (κ2) is 5.73. The Morgan fingerprint density at radius 3 is 2.64 bits per heavy atom. The average Bonchev–Trinajstić information content (AvgIpc) is 3.03. The van der Waals surface area contributed by atoms with Crippen molar-refractivity contribution >= 4 is 17.3 Å². The van der Waals surface area contributed by atoms with Crippen LogP contribution >= 0.6 is 11.3 Å². The van der Waals surface area contributed by atoms with E-state index in [2.05, 4.69) is 10.2 Å². The van der Waals surface area contributed by atoms with Gasteiger partial charge in [-0.25, -0.2) is 4.79 Å². The van der Waals surface area contributed by atoms with E-state index in [1.165, 1.54) is 11.3 Å². The van der Waals surface area contributed by atoms with E-state index in [1.54, 1.807) is 6.92 Å². The maximum Gasteiger partial charge on any atom is 0.339 e. The van der Waals surface area contributed by atoms with Crippen molar-refractivity contribution in [1.82, 2.24) is 14.8 Å². The molecular weight excluding hydrogens is 298 g/mol. The summed E-state index contributed by atoms with van der Waals surface area (Å²) in [6.07, 6.45) is 0.609. The lowest BCUT2D eigenvalue weighted by Gasteiger charge is -2.08. The predicted molar refractivity (Wildman–Crippen MR) is 84.9 cm³/mol. The van der Waals surface area contributed by atoms with Crippen LogP contribution in [-0.2, 0) is 6.42 Å². The standard InChI is InChI=1S/C16H15N3O2S/c1-10-9-22-15(14(10)16(20)21)19-11(2)17-18-13(19)8-12-6-4-3-5-7-12/h3-7,9H,8H2,1-2H3,(H,20,21). The summed E-state index contributed by atoms with van der Waals surface area (Å²) in [5, 5.41) is 20.3. The molecule has 0 atom stereocenters. The molecule has 0 amide bonds. The minimum atomic E-state index is -0.924. The molecule has 0 radical (unpaired) electrons. The van der Waals surface area contributed by atoms with Crippen molar-refractivity contribution < 1.29 is 9.90 Å². The van der Waals surface area contributed by atoms with Crippen molar-refractivity contribution in [2.45, 2.75) is 20.3 Å². The molecule has 0 saturated heterocycles. The van der Waals surface area contributed by atoms with Gasteiger partial charge in [0.1, 0.15) is 16.6 Å². The number of carboxylic acids is 1. The van der Waals surface area contributed by atoms with Gasteiger partial charge in [0.25, 0.3) is 0 Å². The molecule has 112 valence electrons. The Bertz CT molecular complexity index is 821. The number of benzene rings is 1. The van der Waals surface area contributed by atoms with Crippen LogP contribution in [0, 0.1) is 13.8 Å². The van der Waals surface area contributed by atoms with E-state index in [0.29, 0.717) is 22.8 Å². The van der Waals surface area contributed by atoms with Crippen molar-refractivity contribution in [3.63, 3.8) is 0 Å². The van der Waals surface area contributed by atoms with Crippen molar-refractivity contribution in [2.75, 3.05) is 0 Å². The third kappa shape index (κ3) is 2.53. The summed E-state index contributed by atoms with van der Waals surface area (Å²) < 4.78 is 1.84. The van der Waals surface area contributed by atoms with Crippen LogP contribution in [-0.4, -0.2) is 25.8 Å². The zero-order valence-corrected chi connectivity index (χ0v) is 13.1. The van der Waals surface area contributed by atoms with E-state index in [1.807, 2.05) is 47.2 Å². The second-order valence-corrected chi connectivity index (χ2v) is 5.92. The monoisotopic (exact) mass is 313 g/mol. The molecular formula is C16H15N3O2S. The Kier molecular flexibility index (Phi) is 3.77. The van der Waals surface area contributed by atoms with Gasteiger partial charge in [0.2, 0.25) is 0 Å². The number of hydrogen-bond donors (Lipinski definition) is 1. The number of aromatic nitrogens is 3. The summed E-state index contributed by atoms with van der Waals surface area (Å²) in [7, 11) is 0. The van der Waals surface area contributed by atoms with E-state index < -0.39 is 5.97 Å². The molecule has 2 heterocycles. The molecule has 3 rings (SSSR count). The summed E-state index contributed by atoms with van der Waals surface area (Å²) in [4.78, 5) is 11.5. The zero-order valence-electron chi connectivity index (χ0n) is 12.3. The minimum Gasteiger partial charge on any atom is -0.478 e. The molecule has 0 bridgehead atoms. The van der Waals surface area contributed by atoms with Crippen LogP contribution in [0.15, 0.2) is 35.7 Å². The lowest BCUT2D eigenvalue weighted by Crippen LogP contribution is -2.08. The van der Waals surface area contributed by atoms with E-state index in [-0.39, 0.29) is 0 Å². The van der Waals surface area contributed by atoms with Crippen LogP contribution in [0.5, 0.6) is 0 Å². The van der Waals surface area contributed by atoms with Crippen LogP contribution in [0.25, 0.3) is 5.00 Å². The second-order valence-electron chi connectivity index (χ2n) is 5.07. The van der Waals surface area contributed by atoms with Gasteiger partial charge in [-0.15, -0.1) is 21.5 Å². The Morgan fingerprint density at radius 2 is 1.95 bits per heavy atom. The van der Waals surface area contributed by atoms with E-state index >= 15 is 0 Å². The zero-order chi connectivity index (χ0) is 15.7. The van der Waals surface area contributed by atoms with Crippen molar-refractivity contribution in [3.8, 4) is 5.00 Å². The van der Waals surface area contributed by atoms with Gasteiger partial charge in [-0.2, -0.15) is 0 Å². The van der Waals surface area contributed by atoms with Gasteiger partial charge in [-0.05, 0) is 30.4 Å². The van der Waals surface area contributed by atoms with Crippen LogP contribution in [0.1, 0.15) is 33.1 Å². The first kappa shape index (κ1) is 14.5. The fraction of sp³-hybridized carbons (Fsp3) is 0.188. The molecule has 5 nitrogen and oxygen atoms in total. The number of rotatable bonds is 4. The largest absolute Gasteiger partial charge is 0.478 e. The van der Waals surface area contributed by atoms with Gasteiger partial charge in [0.15, 0.2) is 0 Å². The predicted octanol–water partition coefficient (Wildman–Crippen LogP) is 3.23. The van der Waals surface area contributed by atoms with Gasteiger partial charge in [0.05, 0.1) is 5.56 Å². The SMILES string of the molecule is Cc1csc(-n2c(C)nnc2Cc2ccccc2)c1C(=O)O. The number of aromatic carboxylic acids is 1. The number of thiophene rings is 1. The Hall–Kier alpha value is -2.47. The highest BCUT2D eigenvalue weighted by Gasteiger charge is 2.21. The Morgan fingerprint density at radius 1 is 1.23 bits per heavy atom. The van der Waals surface area contributed by atoms with E-state index in [0.717, 1.165) is 17.0 Å². The van der Waals surface area contributed by atoms with Gasteiger partial charge < -0.3 is 5.11 Å². The number of hydrogen-bond acceptors (Lipinski definition) is 4. The molecule has 3 aromatic rings. The number of carboxylic acid groups (broad SMARTS) is 1. The Labute approximate surface area is 131 Å². The number of aryl methyl sites for hydroxylation is 2. The first-order valence-electron chi connectivity index (χ1n) is 6.84. The van der Waals surface area contributed by atoms with Gasteiger partial charge in [-0.1, -0.05) is 30.3 Å². The highest BCUT2D eigenvalue weighted by molar-refractivity contribution is 7.13. The maximum absolute atomic E-state index is 11.5. The molecule has 0 aliphatic rings. The fourth-order valence-corrected chi connectivity index (χ4v) is 3.53. The summed E-state index contributed by atoms with van der Waals surface area (Å²) >= 11 is 1.40. The molecule has 0 unspecified atom stereocenters. The van der Waals surface area contributed by atoms with Crippen LogP contribution in [0.4, 0.5) is 0 Å². The highest BCUT2D eigenvalue weighted by atomic mass is 32.1. The molecule has 1 aromatic carbocycles. The van der Waals surface area contributed by atoms with Crippen molar-refractivity contribution in [3.05, 3.63) is 64.1 Å². The molecule has 2 aromatic heterocycles. The summed E-state index contributed by atoms with van der Waals surface area (Å²) in [5.74, 6) is 0.510. The average molecular weight is 313 g/mol. The molecule has 0 fully saturated rings. The summed E-state index contributed by atoms with van der Waals surface area (Å²) in [5.41, 5.74) is 2.19. The minimum absolute atomic E-state index is 0.321. The maximum atomic E-state index is 11.5. The molecule has 0 saturated carbocycles. The van der Waals surface area contributed by atoms with Crippen molar-refractivity contribution in [1.29, 1.82) is 0 Å². The van der Waals surface area contributed by atoms with Gasteiger partial charge in [-0.3, -0.25) is 4.57 Å². The van der Waals surface area contributed by atoms with Crippen LogP contribution < -0.4 is 0 Å². The molecule has 0 aliphatic heterocycles. The molecule has 1 N–H and O–H groups in total. The van der Waals surface area contributed by atoms with E-state index in [4.69, 9.17) is 0 Å². The lowest BCUT2D eigenvalue weighted by molar-refractivity contribution is 0.0697. The highest BCUT2D eigenvalue weighted by Crippen LogP contribution is 2.28. The molecule has 6 heteroatoms. The van der Waals surface area contributed by atoms with Crippen LogP contribution in [0.2, 0.25) is 0 Å². The normalized spacial score (nSPS) is 10.8. The molecule has 0 spiro atoms. The van der Waals surface area contributed by atoms with Gasteiger partial charge >= 0.3 is 5.97 Å². The number of carbonyl (C=O) groups is 1. The van der Waals surface area contributed by atoms with Crippen LogP contribution in [0.3, 0.4) is 0 Å². The third-order valence-electron chi connectivity index (χ3n) is 3.47. The molecule has 0 aliphatic carbocycles. The third-order valence-corrected chi connectivity index (χ3v) is 4.55. The first-order chi connectivity index (χ1) is 10.6. The smallest absolute Gasteiger partial charge is 0.339 e. The molecule has 22 heavy (non-hydrogen) atoms. The quantitative estimate of drug-likeness (QED) is 0.803. The fourth-order valence-electron chi connectivity index (χ4n) is 2.42.